The molecule has 0 saturated heterocycles. The number of benzene rings is 1. The zero-order valence-corrected chi connectivity index (χ0v) is 15.9. The summed E-state index contributed by atoms with van der Waals surface area (Å²) in [4.78, 5) is 32.3. The van der Waals surface area contributed by atoms with Crippen LogP contribution in [-0.2, 0) is 0 Å². The Morgan fingerprint density at radius 3 is 2.77 bits per heavy atom. The largest absolute Gasteiger partial charge is 0.456 e. The smallest absolute Gasteiger partial charge is 0.291 e. The topological polar surface area (TPSA) is 116 Å². The van der Waals surface area contributed by atoms with Gasteiger partial charge in [0.1, 0.15) is 16.1 Å². The first-order chi connectivity index (χ1) is 14.6. The molecule has 0 fully saturated rings. The molecule has 1 aromatic carbocycles. The van der Waals surface area contributed by atoms with Gasteiger partial charge in [-0.15, -0.1) is 5.10 Å². The molecule has 0 aliphatic carbocycles. The summed E-state index contributed by atoms with van der Waals surface area (Å²) in [6, 6.07) is 13.2. The van der Waals surface area contributed by atoms with Gasteiger partial charge in [0.15, 0.2) is 5.82 Å². The predicted octanol–water partition coefficient (Wildman–Crippen LogP) is 2.93. The van der Waals surface area contributed by atoms with Crippen molar-refractivity contribution in [2.75, 3.05) is 0 Å². The second-order valence-corrected chi connectivity index (χ2v) is 7.27. The lowest BCUT2D eigenvalue weighted by Crippen LogP contribution is -2.23. The van der Waals surface area contributed by atoms with Crippen LogP contribution in [0.5, 0.6) is 0 Å². The summed E-state index contributed by atoms with van der Waals surface area (Å²) in [6.45, 7) is 0. The molecule has 4 heterocycles. The maximum atomic E-state index is 12.7. The lowest BCUT2D eigenvalue weighted by atomic mass is 10.1. The minimum absolute atomic E-state index is 0.0513. The maximum absolute atomic E-state index is 12.7. The van der Waals surface area contributed by atoms with Crippen molar-refractivity contribution in [3.8, 4) is 22.7 Å². The van der Waals surface area contributed by atoms with Crippen LogP contribution in [0.2, 0.25) is 0 Å². The van der Waals surface area contributed by atoms with Crippen LogP contribution in [0, 0.1) is 10.1 Å². The van der Waals surface area contributed by atoms with Crippen molar-refractivity contribution in [2.45, 2.75) is 0 Å². The Hall–Kier alpha value is -4.18. The molecule has 0 atom stereocenters. The molecule has 0 amide bonds. The maximum Gasteiger partial charge on any atom is 0.291 e. The highest BCUT2D eigenvalue weighted by Crippen LogP contribution is 2.31. The molecule has 0 aliphatic rings. The number of hydrogen-bond donors (Lipinski definition) is 0. The van der Waals surface area contributed by atoms with E-state index in [0.717, 1.165) is 5.56 Å². The van der Waals surface area contributed by atoms with Gasteiger partial charge in [0.2, 0.25) is 4.96 Å². The molecule has 0 spiro atoms. The van der Waals surface area contributed by atoms with Gasteiger partial charge in [0.25, 0.3) is 11.2 Å². The Balaban J connectivity index is 1.54. The molecular formula is C20H11N5O4S. The van der Waals surface area contributed by atoms with Crippen LogP contribution in [0.3, 0.4) is 0 Å². The number of nitro groups is 1. The summed E-state index contributed by atoms with van der Waals surface area (Å²) in [5, 5.41) is 15.5. The molecule has 30 heavy (non-hydrogen) atoms. The van der Waals surface area contributed by atoms with Crippen molar-refractivity contribution in [1.29, 1.82) is 0 Å². The summed E-state index contributed by atoms with van der Waals surface area (Å²) in [7, 11) is 0. The van der Waals surface area contributed by atoms with Crippen LogP contribution < -0.4 is 10.1 Å². The van der Waals surface area contributed by atoms with Gasteiger partial charge < -0.3 is 4.42 Å². The summed E-state index contributed by atoms with van der Waals surface area (Å²) >= 11 is 1.18. The van der Waals surface area contributed by atoms with Crippen LogP contribution in [0.25, 0.3) is 33.7 Å². The van der Waals surface area contributed by atoms with Crippen molar-refractivity contribution in [1.82, 2.24) is 19.6 Å². The van der Waals surface area contributed by atoms with Gasteiger partial charge in [0.05, 0.1) is 10.5 Å². The van der Waals surface area contributed by atoms with E-state index in [9.17, 15) is 14.9 Å². The average Bonchev–Trinajstić information content (AvgIpc) is 3.46. The lowest BCUT2D eigenvalue weighted by Gasteiger charge is -1.98. The Morgan fingerprint density at radius 2 is 2.00 bits per heavy atom. The number of nitro benzene ring substituents is 1. The molecule has 9 nitrogen and oxygen atoms in total. The fourth-order valence-corrected chi connectivity index (χ4v) is 3.88. The number of pyridine rings is 1. The van der Waals surface area contributed by atoms with E-state index in [1.807, 2.05) is 6.07 Å². The number of fused-ring (bicyclic) bond motifs is 1. The fourth-order valence-electron chi connectivity index (χ4n) is 3.00. The van der Waals surface area contributed by atoms with E-state index in [2.05, 4.69) is 15.1 Å². The standard InChI is InChI=1S/C20H11N5O4S/c26-19-17(30-20-22-18(23-24(19)20)12-4-3-9-21-11-12)10-13-7-8-16(29-13)14-5-1-2-6-15(14)25(27)28/h1-11H/b17-10-. The SMILES string of the molecule is O=c1/c(=C/c2ccc(-c3ccccc3[N+](=O)[O-])o2)sc2nc(-c3cccnc3)nn12. The quantitative estimate of drug-likeness (QED) is 0.326. The number of rotatable bonds is 4. The molecule has 0 radical (unpaired) electrons. The van der Waals surface area contributed by atoms with E-state index in [1.54, 1.807) is 54.9 Å². The van der Waals surface area contributed by atoms with Crippen molar-refractivity contribution < 1.29 is 9.34 Å². The van der Waals surface area contributed by atoms with E-state index in [4.69, 9.17) is 4.42 Å². The number of para-hydroxylation sites is 1. The van der Waals surface area contributed by atoms with E-state index in [1.165, 1.54) is 21.9 Å². The van der Waals surface area contributed by atoms with Crippen molar-refractivity contribution >= 4 is 28.1 Å². The first kappa shape index (κ1) is 17.9. The number of furan rings is 1. The van der Waals surface area contributed by atoms with Crippen molar-refractivity contribution in [3.63, 3.8) is 0 Å². The molecule has 0 N–H and O–H groups in total. The van der Waals surface area contributed by atoms with Crippen LogP contribution in [0.15, 0.2) is 70.1 Å². The Kier molecular flexibility index (Phi) is 4.18. The van der Waals surface area contributed by atoms with E-state index >= 15 is 0 Å². The Labute approximate surface area is 171 Å². The van der Waals surface area contributed by atoms with Gasteiger partial charge in [-0.2, -0.15) is 9.50 Å². The van der Waals surface area contributed by atoms with E-state index in [-0.39, 0.29) is 11.2 Å². The third-order valence-corrected chi connectivity index (χ3v) is 5.33. The van der Waals surface area contributed by atoms with Crippen molar-refractivity contribution in [2.24, 2.45) is 0 Å². The number of hydrogen-bond acceptors (Lipinski definition) is 8. The van der Waals surface area contributed by atoms with Crippen LogP contribution in [0.1, 0.15) is 5.76 Å². The fraction of sp³-hybridized carbons (Fsp3) is 0. The molecule has 0 bridgehead atoms. The summed E-state index contributed by atoms with van der Waals surface area (Å²) in [5.74, 6) is 1.17. The molecule has 4 aromatic heterocycles. The zero-order valence-electron chi connectivity index (χ0n) is 15.1. The number of aromatic nitrogens is 4. The summed E-state index contributed by atoms with van der Waals surface area (Å²) in [6.07, 6.45) is 4.85. The second-order valence-electron chi connectivity index (χ2n) is 6.26. The molecule has 0 unspecified atom stereocenters. The van der Waals surface area contributed by atoms with Crippen molar-refractivity contribution in [3.05, 3.63) is 91.7 Å². The third-order valence-electron chi connectivity index (χ3n) is 4.37. The van der Waals surface area contributed by atoms with Crippen LogP contribution in [-0.4, -0.2) is 24.5 Å². The Morgan fingerprint density at radius 1 is 1.13 bits per heavy atom. The van der Waals surface area contributed by atoms with Crippen LogP contribution in [0.4, 0.5) is 5.69 Å². The highest BCUT2D eigenvalue weighted by atomic mass is 32.1. The summed E-state index contributed by atoms with van der Waals surface area (Å²) in [5.41, 5.74) is 0.720. The van der Waals surface area contributed by atoms with E-state index in [0.29, 0.717) is 32.4 Å². The zero-order chi connectivity index (χ0) is 20.7. The molecule has 0 aliphatic heterocycles. The first-order valence-electron chi connectivity index (χ1n) is 8.75. The summed E-state index contributed by atoms with van der Waals surface area (Å²) < 4.78 is 7.37. The van der Waals surface area contributed by atoms with Gasteiger partial charge in [-0.3, -0.25) is 19.9 Å². The number of nitrogens with zero attached hydrogens (tertiary/aromatic N) is 5. The molecular weight excluding hydrogens is 406 g/mol. The number of thiazole rings is 1. The van der Waals surface area contributed by atoms with Crippen LogP contribution >= 0.6 is 11.3 Å². The molecule has 5 rings (SSSR count). The van der Waals surface area contributed by atoms with Gasteiger partial charge >= 0.3 is 0 Å². The van der Waals surface area contributed by atoms with Gasteiger partial charge in [-0.05, 0) is 30.3 Å². The predicted molar refractivity (Wildman–Crippen MR) is 110 cm³/mol. The van der Waals surface area contributed by atoms with Gasteiger partial charge in [-0.1, -0.05) is 23.5 Å². The van der Waals surface area contributed by atoms with E-state index < -0.39 is 4.92 Å². The molecule has 5 aromatic rings. The molecule has 146 valence electrons. The highest BCUT2D eigenvalue weighted by Gasteiger charge is 2.17. The molecule has 0 saturated carbocycles. The molecule has 10 heteroatoms. The average molecular weight is 417 g/mol. The normalized spacial score (nSPS) is 11.9. The van der Waals surface area contributed by atoms with Gasteiger partial charge in [-0.25, -0.2) is 0 Å². The highest BCUT2D eigenvalue weighted by molar-refractivity contribution is 7.15. The monoisotopic (exact) mass is 417 g/mol. The third kappa shape index (κ3) is 3.05. The second kappa shape index (κ2) is 7.01. The minimum atomic E-state index is -0.462. The first-order valence-corrected chi connectivity index (χ1v) is 9.57. The Bertz CT molecular complexity index is 1500. The minimum Gasteiger partial charge on any atom is -0.456 e. The lowest BCUT2D eigenvalue weighted by molar-refractivity contribution is -0.384. The van der Waals surface area contributed by atoms with Gasteiger partial charge in [0, 0.05) is 30.1 Å².